The first-order chi connectivity index (χ1) is 8.08. The van der Waals surface area contributed by atoms with Gasteiger partial charge in [-0.15, -0.1) is 12.4 Å². The van der Waals surface area contributed by atoms with Crippen molar-refractivity contribution < 1.29 is 4.79 Å². The molecule has 1 atom stereocenters. The largest absolute Gasteiger partial charge is 0.350 e. The van der Waals surface area contributed by atoms with Gasteiger partial charge in [0.15, 0.2) is 0 Å². The second kappa shape index (κ2) is 6.75. The first kappa shape index (κ1) is 15.8. The third-order valence-electron chi connectivity index (χ3n) is 2.90. The minimum atomic E-state index is -0.174. The summed E-state index contributed by atoms with van der Waals surface area (Å²) in [6, 6.07) is 5.27. The minimum absolute atomic E-state index is 0. The Morgan fingerprint density at radius 3 is 2.83 bits per heavy atom. The lowest BCUT2D eigenvalue weighted by Gasteiger charge is -2.12. The molecule has 1 aliphatic carbocycles. The van der Waals surface area contributed by atoms with E-state index >= 15 is 0 Å². The zero-order chi connectivity index (χ0) is 12.4. The lowest BCUT2D eigenvalue weighted by Crippen LogP contribution is -2.38. The third-order valence-corrected chi connectivity index (χ3v) is 3.72. The highest BCUT2D eigenvalue weighted by Gasteiger charge is 2.28. The van der Waals surface area contributed by atoms with Crippen LogP contribution in [0, 0.1) is 5.92 Å². The van der Waals surface area contributed by atoms with E-state index in [4.69, 9.17) is 17.3 Å². The third kappa shape index (κ3) is 4.12. The first-order valence-corrected chi connectivity index (χ1v) is 6.74. The van der Waals surface area contributed by atoms with Crippen molar-refractivity contribution in [2.45, 2.75) is 18.9 Å². The second-order valence-electron chi connectivity index (χ2n) is 4.34. The van der Waals surface area contributed by atoms with Crippen molar-refractivity contribution in [2.24, 2.45) is 11.7 Å². The maximum atomic E-state index is 11.9. The van der Waals surface area contributed by atoms with E-state index in [0.717, 1.165) is 4.47 Å². The Labute approximate surface area is 126 Å². The number of hydrogen-bond acceptors (Lipinski definition) is 2. The molecule has 1 aromatic rings. The number of nitrogens with two attached hydrogens (primary N) is 1. The summed E-state index contributed by atoms with van der Waals surface area (Å²) in [4.78, 5) is 11.9. The Balaban J connectivity index is 0.00000162. The fourth-order valence-corrected chi connectivity index (χ4v) is 2.23. The first-order valence-electron chi connectivity index (χ1n) is 5.57. The van der Waals surface area contributed by atoms with Gasteiger partial charge in [0.05, 0.1) is 10.6 Å². The molecule has 0 aromatic heterocycles. The van der Waals surface area contributed by atoms with Gasteiger partial charge >= 0.3 is 0 Å². The minimum Gasteiger partial charge on any atom is -0.350 e. The Morgan fingerprint density at radius 1 is 1.56 bits per heavy atom. The van der Waals surface area contributed by atoms with Crippen LogP contribution in [0.4, 0.5) is 0 Å². The number of halogens is 3. The average molecular weight is 354 g/mol. The number of hydrogen-bond donors (Lipinski definition) is 2. The summed E-state index contributed by atoms with van der Waals surface area (Å²) >= 11 is 9.28. The fraction of sp³-hybridized carbons (Fsp3) is 0.417. The molecule has 1 amide bonds. The van der Waals surface area contributed by atoms with Crippen LogP contribution in [0.25, 0.3) is 0 Å². The van der Waals surface area contributed by atoms with Crippen LogP contribution in [0.1, 0.15) is 23.2 Å². The van der Waals surface area contributed by atoms with Crippen molar-refractivity contribution in [3.05, 3.63) is 33.3 Å². The smallest absolute Gasteiger partial charge is 0.252 e. The number of benzene rings is 1. The summed E-state index contributed by atoms with van der Waals surface area (Å²) in [6.45, 7) is 0.506. The van der Waals surface area contributed by atoms with Gasteiger partial charge in [0.1, 0.15) is 0 Å². The van der Waals surface area contributed by atoms with Crippen molar-refractivity contribution in [3.63, 3.8) is 0 Å². The van der Waals surface area contributed by atoms with Crippen molar-refractivity contribution in [1.82, 2.24) is 5.32 Å². The van der Waals surface area contributed by atoms with Crippen LogP contribution in [0.5, 0.6) is 0 Å². The Morgan fingerprint density at radius 2 is 2.22 bits per heavy atom. The van der Waals surface area contributed by atoms with Crippen LogP contribution < -0.4 is 11.1 Å². The summed E-state index contributed by atoms with van der Waals surface area (Å²) in [7, 11) is 0. The number of nitrogens with one attached hydrogen (secondary N) is 1. The second-order valence-corrected chi connectivity index (χ2v) is 5.66. The van der Waals surface area contributed by atoms with Gasteiger partial charge in [0.2, 0.25) is 0 Å². The molecule has 1 aromatic carbocycles. The molecule has 3 N–H and O–H groups in total. The van der Waals surface area contributed by atoms with Gasteiger partial charge in [-0.25, -0.2) is 0 Å². The summed E-state index contributed by atoms with van der Waals surface area (Å²) < 4.78 is 0.832. The number of amides is 1. The summed E-state index contributed by atoms with van der Waals surface area (Å²) in [5.41, 5.74) is 6.39. The van der Waals surface area contributed by atoms with Gasteiger partial charge in [-0.2, -0.15) is 0 Å². The molecule has 1 unspecified atom stereocenters. The monoisotopic (exact) mass is 352 g/mol. The average Bonchev–Trinajstić information content (AvgIpc) is 3.12. The quantitative estimate of drug-likeness (QED) is 0.874. The normalized spacial score (nSPS) is 15.7. The van der Waals surface area contributed by atoms with E-state index in [1.165, 1.54) is 12.8 Å². The Bertz CT molecular complexity index is 438. The van der Waals surface area contributed by atoms with Crippen molar-refractivity contribution in [1.29, 1.82) is 0 Å². The van der Waals surface area contributed by atoms with E-state index in [1.807, 2.05) is 0 Å². The molecule has 3 nitrogen and oxygen atoms in total. The predicted octanol–water partition coefficient (Wildman–Crippen LogP) is 2.99. The summed E-state index contributed by atoms with van der Waals surface area (Å²) in [5.74, 6) is 0.403. The highest BCUT2D eigenvalue weighted by molar-refractivity contribution is 9.10. The van der Waals surface area contributed by atoms with E-state index in [2.05, 4.69) is 21.2 Å². The van der Waals surface area contributed by atoms with Crippen LogP contribution in [-0.2, 0) is 0 Å². The molecular weight excluding hydrogens is 339 g/mol. The Hall–Kier alpha value is -0.290. The highest BCUT2D eigenvalue weighted by atomic mass is 79.9. The predicted molar refractivity (Wildman–Crippen MR) is 79.4 cm³/mol. The molecule has 0 bridgehead atoms. The van der Waals surface area contributed by atoms with E-state index < -0.39 is 0 Å². The molecule has 6 heteroatoms. The Kier molecular flexibility index (Phi) is 5.92. The lowest BCUT2D eigenvalue weighted by molar-refractivity contribution is 0.0950. The number of rotatable bonds is 4. The molecule has 0 saturated heterocycles. The topological polar surface area (TPSA) is 55.1 Å². The van der Waals surface area contributed by atoms with Gasteiger partial charge in [-0.05, 0) is 37.0 Å². The molecule has 0 aliphatic heterocycles. The van der Waals surface area contributed by atoms with Crippen LogP contribution in [0.3, 0.4) is 0 Å². The fourth-order valence-electron chi connectivity index (χ4n) is 1.67. The van der Waals surface area contributed by atoms with E-state index in [9.17, 15) is 4.79 Å². The summed E-state index contributed by atoms with van der Waals surface area (Å²) in [5, 5.41) is 3.27. The molecule has 0 spiro atoms. The van der Waals surface area contributed by atoms with Gasteiger partial charge in [0, 0.05) is 17.1 Å². The molecule has 18 heavy (non-hydrogen) atoms. The van der Waals surface area contributed by atoms with E-state index in [-0.39, 0.29) is 24.4 Å². The van der Waals surface area contributed by atoms with Crippen molar-refractivity contribution >= 4 is 45.8 Å². The van der Waals surface area contributed by atoms with E-state index in [0.29, 0.717) is 23.0 Å². The zero-order valence-electron chi connectivity index (χ0n) is 9.66. The van der Waals surface area contributed by atoms with Crippen LogP contribution in [-0.4, -0.2) is 18.5 Å². The molecule has 100 valence electrons. The lowest BCUT2D eigenvalue weighted by atomic mass is 10.2. The van der Waals surface area contributed by atoms with E-state index in [1.54, 1.807) is 18.2 Å². The molecular formula is C12H15BrCl2N2O. The van der Waals surface area contributed by atoms with Gasteiger partial charge < -0.3 is 11.1 Å². The van der Waals surface area contributed by atoms with Crippen molar-refractivity contribution in [3.8, 4) is 0 Å². The van der Waals surface area contributed by atoms with Crippen LogP contribution in [0.15, 0.2) is 22.7 Å². The molecule has 0 radical (unpaired) electrons. The maximum absolute atomic E-state index is 11.9. The number of carbonyl (C=O) groups is 1. The molecule has 1 fully saturated rings. The van der Waals surface area contributed by atoms with Crippen molar-refractivity contribution in [2.75, 3.05) is 6.54 Å². The number of carbonyl (C=O) groups excluding carboxylic acids is 1. The van der Waals surface area contributed by atoms with Gasteiger partial charge in [-0.1, -0.05) is 27.5 Å². The molecule has 1 aliphatic rings. The summed E-state index contributed by atoms with van der Waals surface area (Å²) in [6.07, 6.45) is 2.35. The van der Waals surface area contributed by atoms with Gasteiger partial charge in [-0.3, -0.25) is 4.79 Å². The van der Waals surface area contributed by atoms with Crippen LogP contribution >= 0.6 is 39.9 Å². The SMILES string of the molecule is Cl.NC(CNC(=O)c1cc(Br)ccc1Cl)C1CC1. The molecule has 2 rings (SSSR count). The molecule has 0 heterocycles. The van der Waals surface area contributed by atoms with Crippen LogP contribution in [0.2, 0.25) is 5.02 Å². The molecule has 1 saturated carbocycles. The highest BCUT2D eigenvalue weighted by Crippen LogP contribution is 2.31. The standard InChI is InChI=1S/C12H14BrClN2O.ClH/c13-8-3-4-10(14)9(5-8)12(17)16-6-11(15)7-1-2-7;/h3-5,7,11H,1-2,6,15H2,(H,16,17);1H. The zero-order valence-corrected chi connectivity index (χ0v) is 12.8. The maximum Gasteiger partial charge on any atom is 0.252 e. The van der Waals surface area contributed by atoms with Gasteiger partial charge in [0.25, 0.3) is 5.91 Å².